The molecule has 0 aliphatic rings. The number of hydrogen-bond donors (Lipinski definition) is 2. The van der Waals surface area contributed by atoms with Crippen molar-refractivity contribution < 1.29 is 24.5 Å². The molecule has 0 radical (unpaired) electrons. The fraction of sp³-hybridized carbons (Fsp3) is 0.750. The molecule has 0 aliphatic heterocycles. The predicted molar refractivity (Wildman–Crippen MR) is 63.5 cm³/mol. The van der Waals surface area contributed by atoms with Crippen molar-refractivity contribution in [1.82, 2.24) is 0 Å². The number of rotatable bonds is 9. The van der Waals surface area contributed by atoms with Crippen LogP contribution in [0.3, 0.4) is 0 Å². The zero-order valence-corrected chi connectivity index (χ0v) is 10.6. The highest BCUT2D eigenvalue weighted by molar-refractivity contribution is 5.86. The van der Waals surface area contributed by atoms with Gasteiger partial charge in [0.2, 0.25) is 0 Å². The summed E-state index contributed by atoms with van der Waals surface area (Å²) in [5.74, 6) is -0.474. The van der Waals surface area contributed by atoms with E-state index in [1.54, 1.807) is 6.92 Å². The largest absolute Gasteiger partial charge is 0.462 e. The Labute approximate surface area is 102 Å². The van der Waals surface area contributed by atoms with Gasteiger partial charge in [-0.25, -0.2) is 4.79 Å². The quantitative estimate of drug-likeness (QED) is 0.352. The molecular weight excluding hydrogens is 224 g/mol. The van der Waals surface area contributed by atoms with Crippen molar-refractivity contribution in [2.45, 2.75) is 20.3 Å². The Hall–Kier alpha value is -0.910. The van der Waals surface area contributed by atoms with Gasteiger partial charge in [-0.15, -0.1) is 0 Å². The van der Waals surface area contributed by atoms with Crippen LogP contribution in [0.1, 0.15) is 20.3 Å². The maximum absolute atomic E-state index is 11.3. The van der Waals surface area contributed by atoms with Crippen molar-refractivity contribution in [3.63, 3.8) is 0 Å². The Balaban J connectivity index is 4.29. The number of ether oxygens (including phenoxy) is 2. The molecule has 5 nitrogen and oxygen atoms in total. The first-order valence-electron chi connectivity index (χ1n) is 5.63. The summed E-state index contributed by atoms with van der Waals surface area (Å²) in [6.45, 7) is 7.24. The lowest BCUT2D eigenvalue weighted by atomic mass is 9.88. The Morgan fingerprint density at radius 2 is 2.00 bits per heavy atom. The van der Waals surface area contributed by atoms with Crippen LogP contribution in [0.25, 0.3) is 0 Å². The van der Waals surface area contributed by atoms with E-state index in [0.29, 0.717) is 12.0 Å². The molecule has 2 N–H and O–H groups in total. The molecule has 0 heterocycles. The molecule has 5 heteroatoms. The fourth-order valence-electron chi connectivity index (χ4n) is 1.14. The van der Waals surface area contributed by atoms with E-state index in [4.69, 9.17) is 14.6 Å². The summed E-state index contributed by atoms with van der Waals surface area (Å²) in [7, 11) is 0. The van der Waals surface area contributed by atoms with E-state index in [-0.39, 0.29) is 33.0 Å². The van der Waals surface area contributed by atoms with Crippen LogP contribution in [-0.2, 0) is 14.3 Å². The number of esters is 1. The normalized spacial score (nSPS) is 14.1. The topological polar surface area (TPSA) is 76.0 Å². The van der Waals surface area contributed by atoms with Gasteiger partial charge in [-0.3, -0.25) is 0 Å². The van der Waals surface area contributed by atoms with E-state index in [0.717, 1.165) is 0 Å². The maximum atomic E-state index is 11.3. The lowest BCUT2D eigenvalue weighted by Crippen LogP contribution is -2.37. The van der Waals surface area contributed by atoms with Gasteiger partial charge in [0, 0.05) is 5.57 Å². The van der Waals surface area contributed by atoms with Crippen LogP contribution in [0, 0.1) is 5.41 Å². The average Bonchev–Trinajstić information content (AvgIpc) is 2.33. The molecule has 0 fully saturated rings. The SMILES string of the molecule is C=C(C)C(=O)OCC(CC)(CO)COCCO. The summed E-state index contributed by atoms with van der Waals surface area (Å²) in [6, 6.07) is 0. The highest BCUT2D eigenvalue weighted by Gasteiger charge is 2.30. The molecule has 0 aromatic carbocycles. The minimum absolute atomic E-state index is 0.0726. The van der Waals surface area contributed by atoms with Crippen molar-refractivity contribution in [2.24, 2.45) is 5.41 Å². The van der Waals surface area contributed by atoms with E-state index in [2.05, 4.69) is 6.58 Å². The van der Waals surface area contributed by atoms with Crippen molar-refractivity contribution in [3.8, 4) is 0 Å². The van der Waals surface area contributed by atoms with Crippen molar-refractivity contribution in [2.75, 3.05) is 33.0 Å². The molecule has 100 valence electrons. The monoisotopic (exact) mass is 246 g/mol. The Bertz CT molecular complexity index is 245. The van der Waals surface area contributed by atoms with Crippen LogP contribution in [0.15, 0.2) is 12.2 Å². The number of aliphatic hydroxyl groups is 2. The Kier molecular flexibility index (Phi) is 7.78. The summed E-state index contributed by atoms with van der Waals surface area (Å²) in [5.41, 5.74) is -0.287. The summed E-state index contributed by atoms with van der Waals surface area (Å²) in [6.07, 6.45) is 0.610. The van der Waals surface area contributed by atoms with Gasteiger partial charge in [-0.2, -0.15) is 0 Å². The molecule has 0 spiro atoms. The molecule has 0 bridgehead atoms. The molecule has 1 unspecified atom stereocenters. The van der Waals surface area contributed by atoms with E-state index in [9.17, 15) is 9.90 Å². The second-order valence-corrected chi connectivity index (χ2v) is 4.14. The first kappa shape index (κ1) is 16.1. The second kappa shape index (κ2) is 8.22. The number of carbonyl (C=O) groups is 1. The highest BCUT2D eigenvalue weighted by Crippen LogP contribution is 2.22. The summed E-state index contributed by atoms with van der Waals surface area (Å²) in [4.78, 5) is 11.3. The zero-order valence-electron chi connectivity index (χ0n) is 10.6. The second-order valence-electron chi connectivity index (χ2n) is 4.14. The third-order valence-electron chi connectivity index (χ3n) is 2.59. The molecule has 0 aliphatic carbocycles. The standard InChI is InChI=1S/C12H22O5/c1-4-12(7-14,8-16-6-5-13)9-17-11(15)10(2)3/h13-14H,2,4-9H2,1,3H3. The van der Waals surface area contributed by atoms with Gasteiger partial charge >= 0.3 is 5.97 Å². The van der Waals surface area contributed by atoms with E-state index in [1.807, 2.05) is 6.92 Å². The summed E-state index contributed by atoms with van der Waals surface area (Å²) in [5, 5.41) is 18.0. The molecule has 0 rings (SSSR count). The van der Waals surface area contributed by atoms with Crippen LogP contribution >= 0.6 is 0 Å². The lowest BCUT2D eigenvalue weighted by molar-refractivity contribution is -0.146. The van der Waals surface area contributed by atoms with Gasteiger partial charge < -0.3 is 19.7 Å². The van der Waals surface area contributed by atoms with Crippen LogP contribution in [0.5, 0.6) is 0 Å². The molecule has 0 saturated heterocycles. The summed E-state index contributed by atoms with van der Waals surface area (Å²) >= 11 is 0. The third kappa shape index (κ3) is 5.81. The molecule has 1 atom stereocenters. The number of carbonyl (C=O) groups excluding carboxylic acids is 1. The van der Waals surface area contributed by atoms with Gasteiger partial charge in [0.15, 0.2) is 0 Å². The van der Waals surface area contributed by atoms with Gasteiger partial charge in [0.05, 0.1) is 31.8 Å². The maximum Gasteiger partial charge on any atom is 0.333 e. The zero-order chi connectivity index (χ0) is 13.3. The smallest absolute Gasteiger partial charge is 0.333 e. The van der Waals surface area contributed by atoms with Crippen molar-refractivity contribution in [1.29, 1.82) is 0 Å². The molecule has 0 aromatic rings. The average molecular weight is 246 g/mol. The first-order chi connectivity index (χ1) is 8.01. The molecule has 17 heavy (non-hydrogen) atoms. The Morgan fingerprint density at radius 1 is 1.35 bits per heavy atom. The van der Waals surface area contributed by atoms with E-state index < -0.39 is 11.4 Å². The van der Waals surface area contributed by atoms with Crippen LogP contribution in [0.4, 0.5) is 0 Å². The predicted octanol–water partition coefficient (Wildman–Crippen LogP) is 0.503. The summed E-state index contributed by atoms with van der Waals surface area (Å²) < 4.78 is 10.2. The molecule has 0 aromatic heterocycles. The number of aliphatic hydroxyl groups excluding tert-OH is 2. The molecule has 0 amide bonds. The highest BCUT2D eigenvalue weighted by atomic mass is 16.5. The van der Waals surface area contributed by atoms with Crippen LogP contribution in [0.2, 0.25) is 0 Å². The van der Waals surface area contributed by atoms with Crippen LogP contribution in [-0.4, -0.2) is 49.2 Å². The van der Waals surface area contributed by atoms with E-state index in [1.165, 1.54) is 0 Å². The van der Waals surface area contributed by atoms with Gasteiger partial charge in [0.1, 0.15) is 6.61 Å². The van der Waals surface area contributed by atoms with Gasteiger partial charge in [-0.05, 0) is 13.3 Å². The molecule has 0 saturated carbocycles. The fourth-order valence-corrected chi connectivity index (χ4v) is 1.14. The Morgan fingerprint density at radius 3 is 2.41 bits per heavy atom. The minimum Gasteiger partial charge on any atom is -0.462 e. The first-order valence-corrected chi connectivity index (χ1v) is 5.63. The van der Waals surface area contributed by atoms with E-state index >= 15 is 0 Å². The third-order valence-corrected chi connectivity index (χ3v) is 2.59. The van der Waals surface area contributed by atoms with Crippen molar-refractivity contribution >= 4 is 5.97 Å². The van der Waals surface area contributed by atoms with Crippen molar-refractivity contribution in [3.05, 3.63) is 12.2 Å². The minimum atomic E-state index is -0.611. The molecular formula is C12H22O5. The van der Waals surface area contributed by atoms with Crippen LogP contribution < -0.4 is 0 Å². The number of hydrogen-bond acceptors (Lipinski definition) is 5. The van der Waals surface area contributed by atoms with Gasteiger partial charge in [-0.1, -0.05) is 13.5 Å². The lowest BCUT2D eigenvalue weighted by Gasteiger charge is -2.29. The van der Waals surface area contributed by atoms with Gasteiger partial charge in [0.25, 0.3) is 0 Å².